The summed E-state index contributed by atoms with van der Waals surface area (Å²) < 4.78 is 5.45. The molecule has 0 heterocycles. The maximum atomic E-state index is 11.5. The predicted molar refractivity (Wildman–Crippen MR) is 91.3 cm³/mol. The molecule has 1 amide bonds. The molecule has 0 fully saturated rings. The molecule has 1 aromatic carbocycles. The summed E-state index contributed by atoms with van der Waals surface area (Å²) in [6.07, 6.45) is -0.912. The molecule has 7 nitrogen and oxygen atoms in total. The monoisotopic (exact) mass is 402 g/mol. The molecule has 1 N–H and O–H groups in total. The first-order valence-corrected chi connectivity index (χ1v) is 8.14. The summed E-state index contributed by atoms with van der Waals surface area (Å²) in [6.45, 7) is 5.47. The number of nitrogens with zero attached hydrogens (tertiary/aromatic N) is 2. The van der Waals surface area contributed by atoms with Crippen molar-refractivity contribution in [3.05, 3.63) is 34.3 Å². The van der Waals surface area contributed by atoms with Gasteiger partial charge in [0.15, 0.2) is 6.10 Å². The molecule has 0 aliphatic rings. The summed E-state index contributed by atoms with van der Waals surface area (Å²) in [6, 6.07) is 7.45. The molecule has 0 unspecified atom stereocenters. The summed E-state index contributed by atoms with van der Waals surface area (Å²) in [5.41, 5.74) is 0.245. The molecule has 0 spiro atoms. The van der Waals surface area contributed by atoms with Gasteiger partial charge in [0.1, 0.15) is 0 Å². The van der Waals surface area contributed by atoms with Gasteiger partial charge in [-0.25, -0.2) is 9.63 Å². The number of hydrazine groups is 1. The van der Waals surface area contributed by atoms with E-state index in [1.807, 2.05) is 24.3 Å². The summed E-state index contributed by atoms with van der Waals surface area (Å²) in [5, 5.41) is 12.4. The molecule has 0 bridgehead atoms. The van der Waals surface area contributed by atoms with Crippen molar-refractivity contribution >= 4 is 28.3 Å². The number of hydrogen-bond donors (Lipinski definition) is 1. The van der Waals surface area contributed by atoms with Gasteiger partial charge in [0, 0.05) is 11.0 Å². The summed E-state index contributed by atoms with van der Waals surface area (Å²) in [5.74, 6) is -0.780. The molecule has 24 heavy (non-hydrogen) atoms. The maximum absolute atomic E-state index is 11.5. The molecule has 0 radical (unpaired) electrons. The average molecular weight is 403 g/mol. The first-order chi connectivity index (χ1) is 11.2. The third-order valence-corrected chi connectivity index (χ3v) is 3.40. The zero-order valence-electron chi connectivity index (χ0n) is 14.2. The number of ether oxygens (including phenoxy) is 1. The second-order valence-electron chi connectivity index (χ2n) is 6.12. The van der Waals surface area contributed by atoms with Crippen LogP contribution in [-0.2, 0) is 25.7 Å². The van der Waals surface area contributed by atoms with Crippen LogP contribution in [0.25, 0.3) is 0 Å². The van der Waals surface area contributed by atoms with Crippen molar-refractivity contribution in [1.82, 2.24) is 10.2 Å². The van der Waals surface area contributed by atoms with Gasteiger partial charge >= 0.3 is 5.97 Å². The highest BCUT2D eigenvalue weighted by Gasteiger charge is 2.27. The maximum Gasteiger partial charge on any atom is 0.336 e. The molecular weight excluding hydrogens is 380 g/mol. The standard InChI is InChI=1S/C16H23BrN2O5/c1-16(2,3)24-19(11-20)18(10-14(21)15(22)23-4)9-12-5-7-13(17)8-6-12/h5-8,11,14,21H,9-10H2,1-4H3/t14-/m1/s1. The van der Waals surface area contributed by atoms with Crippen LogP contribution in [0.1, 0.15) is 26.3 Å². The number of esters is 1. The Labute approximate surface area is 150 Å². The predicted octanol–water partition coefficient (Wildman–Crippen LogP) is 1.89. The fourth-order valence-corrected chi connectivity index (χ4v) is 2.12. The molecule has 0 aliphatic heterocycles. The number of methoxy groups -OCH3 is 1. The van der Waals surface area contributed by atoms with Gasteiger partial charge in [-0.1, -0.05) is 28.1 Å². The molecular formula is C16H23BrN2O5. The fourth-order valence-electron chi connectivity index (χ4n) is 1.85. The third-order valence-electron chi connectivity index (χ3n) is 2.87. The van der Waals surface area contributed by atoms with E-state index in [9.17, 15) is 14.7 Å². The van der Waals surface area contributed by atoms with Gasteiger partial charge in [0.05, 0.1) is 19.3 Å². The van der Waals surface area contributed by atoms with Crippen molar-refractivity contribution in [2.45, 2.75) is 39.0 Å². The highest BCUT2D eigenvalue weighted by molar-refractivity contribution is 9.10. The summed E-state index contributed by atoms with van der Waals surface area (Å²) >= 11 is 3.36. The van der Waals surface area contributed by atoms with Gasteiger partial charge in [-0.05, 0) is 38.5 Å². The molecule has 1 atom stereocenters. The van der Waals surface area contributed by atoms with E-state index in [2.05, 4.69) is 20.7 Å². The minimum atomic E-state index is -1.41. The van der Waals surface area contributed by atoms with Crippen LogP contribution in [-0.4, -0.2) is 53.0 Å². The van der Waals surface area contributed by atoms with Crippen molar-refractivity contribution in [2.24, 2.45) is 0 Å². The fraction of sp³-hybridized carbons (Fsp3) is 0.500. The SMILES string of the molecule is COC(=O)[C@H](O)CN(Cc1ccc(Br)cc1)N(C=O)OC(C)(C)C. The minimum Gasteiger partial charge on any atom is -0.467 e. The van der Waals surface area contributed by atoms with Crippen LogP contribution >= 0.6 is 15.9 Å². The Morgan fingerprint density at radius 2 is 1.92 bits per heavy atom. The Kier molecular flexibility index (Phi) is 7.82. The van der Waals surface area contributed by atoms with E-state index in [0.29, 0.717) is 6.41 Å². The average Bonchev–Trinajstić information content (AvgIpc) is 2.52. The van der Waals surface area contributed by atoms with Crippen molar-refractivity contribution in [1.29, 1.82) is 0 Å². The number of carbonyl (C=O) groups is 2. The van der Waals surface area contributed by atoms with Crippen molar-refractivity contribution in [3.8, 4) is 0 Å². The van der Waals surface area contributed by atoms with Crippen molar-refractivity contribution in [3.63, 3.8) is 0 Å². The van der Waals surface area contributed by atoms with Crippen LogP contribution in [0.15, 0.2) is 28.7 Å². The first-order valence-electron chi connectivity index (χ1n) is 7.35. The van der Waals surface area contributed by atoms with Gasteiger partial charge in [0.25, 0.3) is 0 Å². The number of amides is 1. The van der Waals surface area contributed by atoms with Gasteiger partial charge < -0.3 is 9.84 Å². The number of benzene rings is 1. The molecule has 0 aliphatic carbocycles. The smallest absolute Gasteiger partial charge is 0.336 e. The lowest BCUT2D eigenvalue weighted by atomic mass is 10.2. The van der Waals surface area contributed by atoms with Crippen LogP contribution in [0.5, 0.6) is 0 Å². The zero-order valence-corrected chi connectivity index (χ0v) is 15.8. The molecule has 0 saturated carbocycles. The number of carbonyl (C=O) groups excluding carboxylic acids is 2. The normalized spacial score (nSPS) is 12.8. The molecule has 134 valence electrons. The van der Waals surface area contributed by atoms with Gasteiger partial charge in [-0.2, -0.15) is 5.01 Å². The molecule has 0 saturated heterocycles. The van der Waals surface area contributed by atoms with Crippen LogP contribution < -0.4 is 0 Å². The number of aliphatic hydroxyl groups is 1. The van der Waals surface area contributed by atoms with Crippen LogP contribution in [0, 0.1) is 0 Å². The van der Waals surface area contributed by atoms with E-state index >= 15 is 0 Å². The Bertz CT molecular complexity index is 544. The largest absolute Gasteiger partial charge is 0.467 e. The molecule has 1 rings (SSSR count). The molecule has 1 aromatic rings. The van der Waals surface area contributed by atoms with E-state index in [1.54, 1.807) is 20.8 Å². The minimum absolute atomic E-state index is 0.155. The van der Waals surface area contributed by atoms with E-state index in [-0.39, 0.29) is 13.1 Å². The second kappa shape index (κ2) is 9.12. The van der Waals surface area contributed by atoms with E-state index in [1.165, 1.54) is 12.1 Å². The van der Waals surface area contributed by atoms with Crippen molar-refractivity contribution in [2.75, 3.05) is 13.7 Å². The number of rotatable bonds is 8. The first kappa shape index (κ1) is 20.6. The van der Waals surface area contributed by atoms with Gasteiger partial charge in [-0.3, -0.25) is 4.79 Å². The quantitative estimate of drug-likeness (QED) is 0.406. The molecule has 8 heteroatoms. The molecule has 0 aromatic heterocycles. The lowest BCUT2D eigenvalue weighted by Crippen LogP contribution is -2.49. The van der Waals surface area contributed by atoms with Crippen LogP contribution in [0.2, 0.25) is 0 Å². The lowest BCUT2D eigenvalue weighted by Gasteiger charge is -2.35. The Hall–Kier alpha value is -1.48. The van der Waals surface area contributed by atoms with Crippen LogP contribution in [0.3, 0.4) is 0 Å². The second-order valence-corrected chi connectivity index (χ2v) is 7.04. The van der Waals surface area contributed by atoms with E-state index in [0.717, 1.165) is 15.2 Å². The summed E-state index contributed by atoms with van der Waals surface area (Å²) in [4.78, 5) is 28.5. The highest BCUT2D eigenvalue weighted by Crippen LogP contribution is 2.16. The number of halogens is 1. The van der Waals surface area contributed by atoms with E-state index in [4.69, 9.17) is 4.84 Å². The number of hydrogen-bond acceptors (Lipinski definition) is 6. The Morgan fingerprint density at radius 1 is 1.33 bits per heavy atom. The lowest BCUT2D eigenvalue weighted by molar-refractivity contribution is -0.306. The Balaban J connectivity index is 2.97. The highest BCUT2D eigenvalue weighted by atomic mass is 79.9. The van der Waals surface area contributed by atoms with Gasteiger partial charge in [0.2, 0.25) is 6.41 Å². The van der Waals surface area contributed by atoms with Crippen molar-refractivity contribution < 1.29 is 24.3 Å². The zero-order chi connectivity index (χ0) is 18.3. The topological polar surface area (TPSA) is 79.3 Å². The van der Waals surface area contributed by atoms with Crippen LogP contribution in [0.4, 0.5) is 0 Å². The van der Waals surface area contributed by atoms with Gasteiger partial charge in [-0.15, -0.1) is 5.17 Å². The van der Waals surface area contributed by atoms with E-state index < -0.39 is 17.7 Å². The third kappa shape index (κ3) is 6.96. The number of hydroxylamine groups is 1. The summed E-state index contributed by atoms with van der Waals surface area (Å²) in [7, 11) is 1.19. The number of aliphatic hydroxyl groups excluding tert-OH is 1. The Morgan fingerprint density at radius 3 is 2.38 bits per heavy atom.